The van der Waals surface area contributed by atoms with Crippen LogP contribution in [-0.2, 0) is 16.0 Å². The van der Waals surface area contributed by atoms with Crippen LogP contribution in [0.1, 0.15) is 36.8 Å². The topological polar surface area (TPSA) is 66.4 Å². The van der Waals surface area contributed by atoms with Gasteiger partial charge in [-0.3, -0.25) is 9.59 Å². The first-order valence-corrected chi connectivity index (χ1v) is 6.58. The lowest BCUT2D eigenvalue weighted by Gasteiger charge is -2.41. The number of carbonyl (C=O) groups excluding carboxylic acids is 1. The van der Waals surface area contributed by atoms with Crippen molar-refractivity contribution < 1.29 is 14.7 Å². The Morgan fingerprint density at radius 1 is 1.32 bits per heavy atom. The van der Waals surface area contributed by atoms with Gasteiger partial charge in [-0.15, -0.1) is 0 Å². The molecule has 2 rings (SSSR count). The molecular weight excluding hydrogens is 242 g/mol. The molecule has 0 aromatic heterocycles. The average molecular weight is 261 g/mol. The van der Waals surface area contributed by atoms with E-state index in [-0.39, 0.29) is 12.3 Å². The smallest absolute Gasteiger partial charge is 0.305 e. The van der Waals surface area contributed by atoms with Crippen LogP contribution in [0.5, 0.6) is 0 Å². The summed E-state index contributed by atoms with van der Waals surface area (Å²) >= 11 is 0. The predicted octanol–water partition coefficient (Wildman–Crippen LogP) is 2.05. The number of aryl methyl sites for hydroxylation is 1. The molecule has 1 aromatic carbocycles. The molecule has 19 heavy (non-hydrogen) atoms. The molecule has 4 nitrogen and oxygen atoms in total. The standard InChI is InChI=1S/C15H19NO3/c1-11-5-2-3-6-12(11)9-13(17)16-15(7-4-8-15)10-14(18)19/h2-3,5-6H,4,7-10H2,1H3,(H,16,17)(H,18,19). The van der Waals surface area contributed by atoms with Gasteiger partial charge in [0, 0.05) is 0 Å². The average Bonchev–Trinajstić information content (AvgIpc) is 2.28. The molecule has 0 aliphatic heterocycles. The summed E-state index contributed by atoms with van der Waals surface area (Å²) in [5, 5.41) is 11.8. The summed E-state index contributed by atoms with van der Waals surface area (Å²) in [6, 6.07) is 7.75. The first kappa shape index (κ1) is 13.6. The van der Waals surface area contributed by atoms with Gasteiger partial charge in [-0.1, -0.05) is 24.3 Å². The molecule has 1 saturated carbocycles. The van der Waals surface area contributed by atoms with Crippen LogP contribution in [0, 0.1) is 6.92 Å². The van der Waals surface area contributed by atoms with E-state index in [0.717, 1.165) is 30.4 Å². The number of aliphatic carboxylic acids is 1. The monoisotopic (exact) mass is 261 g/mol. The third-order valence-electron chi connectivity index (χ3n) is 3.82. The fourth-order valence-corrected chi connectivity index (χ4v) is 2.56. The van der Waals surface area contributed by atoms with Gasteiger partial charge in [0.2, 0.25) is 5.91 Å². The van der Waals surface area contributed by atoms with Crippen LogP contribution in [-0.4, -0.2) is 22.5 Å². The van der Waals surface area contributed by atoms with Crippen molar-refractivity contribution in [1.29, 1.82) is 0 Å². The highest BCUT2D eigenvalue weighted by molar-refractivity contribution is 5.81. The van der Waals surface area contributed by atoms with Crippen LogP contribution in [0.25, 0.3) is 0 Å². The number of nitrogens with one attached hydrogen (secondary N) is 1. The summed E-state index contributed by atoms with van der Waals surface area (Å²) < 4.78 is 0. The quantitative estimate of drug-likeness (QED) is 0.852. The lowest BCUT2D eigenvalue weighted by Crippen LogP contribution is -2.55. The fourth-order valence-electron chi connectivity index (χ4n) is 2.56. The molecule has 2 N–H and O–H groups in total. The Labute approximate surface area is 112 Å². The van der Waals surface area contributed by atoms with Crippen molar-refractivity contribution >= 4 is 11.9 Å². The summed E-state index contributed by atoms with van der Waals surface area (Å²) in [5.41, 5.74) is 1.56. The number of carboxylic acid groups (broad SMARTS) is 1. The normalized spacial score (nSPS) is 16.5. The molecule has 0 spiro atoms. The summed E-state index contributed by atoms with van der Waals surface area (Å²) in [4.78, 5) is 22.9. The van der Waals surface area contributed by atoms with E-state index in [4.69, 9.17) is 5.11 Å². The second kappa shape index (κ2) is 5.43. The molecule has 0 radical (unpaired) electrons. The Bertz CT molecular complexity index is 492. The van der Waals surface area contributed by atoms with Crippen LogP contribution < -0.4 is 5.32 Å². The van der Waals surface area contributed by atoms with Crippen molar-refractivity contribution in [2.45, 2.75) is 44.6 Å². The van der Waals surface area contributed by atoms with Crippen LogP contribution in [0.15, 0.2) is 24.3 Å². The zero-order chi connectivity index (χ0) is 13.9. The molecule has 1 fully saturated rings. The number of hydrogen-bond donors (Lipinski definition) is 2. The molecule has 0 bridgehead atoms. The summed E-state index contributed by atoms with van der Waals surface area (Å²) in [7, 11) is 0. The Morgan fingerprint density at radius 2 is 2.00 bits per heavy atom. The highest BCUT2D eigenvalue weighted by Crippen LogP contribution is 2.35. The van der Waals surface area contributed by atoms with Crippen molar-refractivity contribution in [3.05, 3.63) is 35.4 Å². The number of carboxylic acids is 1. The van der Waals surface area contributed by atoms with Gasteiger partial charge in [0.15, 0.2) is 0 Å². The summed E-state index contributed by atoms with van der Waals surface area (Å²) in [6.45, 7) is 1.97. The lowest BCUT2D eigenvalue weighted by molar-refractivity contribution is -0.140. The maximum absolute atomic E-state index is 12.1. The van der Waals surface area contributed by atoms with E-state index >= 15 is 0 Å². The zero-order valence-electron chi connectivity index (χ0n) is 11.1. The van der Waals surface area contributed by atoms with Crippen molar-refractivity contribution in [2.75, 3.05) is 0 Å². The molecule has 102 valence electrons. The Balaban J connectivity index is 1.97. The molecule has 0 atom stereocenters. The minimum Gasteiger partial charge on any atom is -0.481 e. The molecule has 1 aliphatic rings. The first-order chi connectivity index (χ1) is 9.01. The number of hydrogen-bond acceptors (Lipinski definition) is 2. The van der Waals surface area contributed by atoms with Gasteiger partial charge in [0.05, 0.1) is 18.4 Å². The van der Waals surface area contributed by atoms with Crippen molar-refractivity contribution in [2.24, 2.45) is 0 Å². The van der Waals surface area contributed by atoms with E-state index in [2.05, 4.69) is 5.32 Å². The van der Waals surface area contributed by atoms with Crippen molar-refractivity contribution in [1.82, 2.24) is 5.32 Å². The summed E-state index contributed by atoms with van der Waals surface area (Å²) in [5.74, 6) is -0.939. The van der Waals surface area contributed by atoms with Gasteiger partial charge in [0.25, 0.3) is 0 Å². The number of amides is 1. The van der Waals surface area contributed by atoms with Crippen molar-refractivity contribution in [3.8, 4) is 0 Å². The van der Waals surface area contributed by atoms with E-state index in [1.54, 1.807) is 0 Å². The molecular formula is C15H19NO3. The number of carbonyl (C=O) groups is 2. The van der Waals surface area contributed by atoms with Gasteiger partial charge >= 0.3 is 5.97 Å². The largest absolute Gasteiger partial charge is 0.481 e. The molecule has 0 saturated heterocycles. The zero-order valence-corrected chi connectivity index (χ0v) is 11.1. The van der Waals surface area contributed by atoms with Crippen LogP contribution in [0.4, 0.5) is 0 Å². The minimum atomic E-state index is -0.851. The van der Waals surface area contributed by atoms with Gasteiger partial charge in [0.1, 0.15) is 0 Å². The van der Waals surface area contributed by atoms with Crippen LogP contribution in [0.2, 0.25) is 0 Å². The second-order valence-corrected chi connectivity index (χ2v) is 5.36. The third kappa shape index (κ3) is 3.34. The van der Waals surface area contributed by atoms with Gasteiger partial charge in [-0.2, -0.15) is 0 Å². The third-order valence-corrected chi connectivity index (χ3v) is 3.82. The Hall–Kier alpha value is -1.84. The molecule has 4 heteroatoms. The van der Waals surface area contributed by atoms with Crippen LogP contribution >= 0.6 is 0 Å². The number of rotatable bonds is 5. The van der Waals surface area contributed by atoms with Gasteiger partial charge < -0.3 is 10.4 Å². The number of benzene rings is 1. The molecule has 1 amide bonds. The highest BCUT2D eigenvalue weighted by atomic mass is 16.4. The first-order valence-electron chi connectivity index (χ1n) is 6.58. The maximum atomic E-state index is 12.1. The van der Waals surface area contributed by atoms with Gasteiger partial charge in [-0.05, 0) is 37.3 Å². The van der Waals surface area contributed by atoms with Crippen molar-refractivity contribution in [3.63, 3.8) is 0 Å². The highest BCUT2D eigenvalue weighted by Gasteiger charge is 2.40. The van der Waals surface area contributed by atoms with E-state index in [9.17, 15) is 9.59 Å². The summed E-state index contributed by atoms with van der Waals surface area (Å²) in [6.07, 6.45) is 2.84. The minimum absolute atomic E-state index is 0.0203. The molecule has 0 unspecified atom stereocenters. The van der Waals surface area contributed by atoms with E-state index in [1.807, 2.05) is 31.2 Å². The predicted molar refractivity (Wildman–Crippen MR) is 71.9 cm³/mol. The van der Waals surface area contributed by atoms with E-state index in [1.165, 1.54) is 0 Å². The molecule has 1 aliphatic carbocycles. The van der Waals surface area contributed by atoms with Crippen LogP contribution in [0.3, 0.4) is 0 Å². The van der Waals surface area contributed by atoms with E-state index in [0.29, 0.717) is 6.42 Å². The maximum Gasteiger partial charge on any atom is 0.305 e. The van der Waals surface area contributed by atoms with E-state index < -0.39 is 11.5 Å². The van der Waals surface area contributed by atoms with Gasteiger partial charge in [-0.25, -0.2) is 0 Å². The molecule has 0 heterocycles. The fraction of sp³-hybridized carbons (Fsp3) is 0.467. The Morgan fingerprint density at radius 3 is 2.53 bits per heavy atom. The molecule has 1 aromatic rings. The lowest BCUT2D eigenvalue weighted by atomic mass is 9.74. The Kier molecular flexibility index (Phi) is 3.88. The SMILES string of the molecule is Cc1ccccc1CC(=O)NC1(CC(=O)O)CCC1. The second-order valence-electron chi connectivity index (χ2n) is 5.36.